The zero-order valence-corrected chi connectivity index (χ0v) is 10.4. The van der Waals surface area contributed by atoms with E-state index in [9.17, 15) is 4.79 Å². The Balaban J connectivity index is 3.18. The highest BCUT2D eigenvalue weighted by atomic mass is 35.5. The Labute approximate surface area is 106 Å². The lowest BCUT2D eigenvalue weighted by Crippen LogP contribution is -2.27. The number of carboxylic acids is 1. The lowest BCUT2D eigenvalue weighted by molar-refractivity contribution is 0.0697. The topological polar surface area (TPSA) is 53.4 Å². The van der Waals surface area contributed by atoms with E-state index < -0.39 is 5.97 Å². The van der Waals surface area contributed by atoms with Crippen LogP contribution in [0.4, 0.5) is 5.82 Å². The van der Waals surface area contributed by atoms with Gasteiger partial charge >= 0.3 is 5.97 Å². The van der Waals surface area contributed by atoms with Gasteiger partial charge in [0.25, 0.3) is 0 Å². The highest BCUT2D eigenvalue weighted by Crippen LogP contribution is 2.21. The number of halogens is 1. The molecule has 0 unspecified atom stereocenters. The van der Waals surface area contributed by atoms with E-state index in [-0.39, 0.29) is 10.7 Å². The molecule has 5 heteroatoms. The summed E-state index contributed by atoms with van der Waals surface area (Å²) in [5.74, 6) is -0.610. The first kappa shape index (κ1) is 13.5. The van der Waals surface area contributed by atoms with Crippen molar-refractivity contribution in [2.24, 2.45) is 0 Å². The smallest absolute Gasteiger partial charge is 0.339 e. The van der Waals surface area contributed by atoms with Crippen LogP contribution in [0.3, 0.4) is 0 Å². The minimum absolute atomic E-state index is 0.157. The Morgan fingerprint density at radius 3 is 2.88 bits per heavy atom. The fourth-order valence-electron chi connectivity index (χ4n) is 1.54. The molecule has 4 nitrogen and oxygen atoms in total. The molecule has 0 aliphatic carbocycles. The second-order valence-electron chi connectivity index (χ2n) is 3.54. The number of anilines is 1. The Hall–Kier alpha value is -1.55. The SMILES string of the molecule is C=CCN(CCC)c1nc(Cl)ccc1C(=O)O. The average Bonchev–Trinajstić information content (AvgIpc) is 2.28. The second-order valence-corrected chi connectivity index (χ2v) is 3.93. The van der Waals surface area contributed by atoms with Crippen molar-refractivity contribution in [2.75, 3.05) is 18.0 Å². The van der Waals surface area contributed by atoms with Crippen molar-refractivity contribution < 1.29 is 9.90 Å². The molecule has 0 saturated heterocycles. The maximum atomic E-state index is 11.1. The highest BCUT2D eigenvalue weighted by Gasteiger charge is 2.16. The van der Waals surface area contributed by atoms with Gasteiger partial charge in [0.2, 0.25) is 0 Å². The van der Waals surface area contributed by atoms with Gasteiger partial charge in [0.1, 0.15) is 16.5 Å². The van der Waals surface area contributed by atoms with Crippen LogP contribution < -0.4 is 4.90 Å². The minimum Gasteiger partial charge on any atom is -0.478 e. The number of aromatic nitrogens is 1. The Bertz CT molecular complexity index is 421. The van der Waals surface area contributed by atoms with Gasteiger partial charge in [-0.1, -0.05) is 24.6 Å². The number of carboxylic acid groups (broad SMARTS) is 1. The fraction of sp³-hybridized carbons (Fsp3) is 0.333. The lowest BCUT2D eigenvalue weighted by Gasteiger charge is -2.23. The molecule has 0 fully saturated rings. The van der Waals surface area contributed by atoms with Gasteiger partial charge in [-0.05, 0) is 18.6 Å². The van der Waals surface area contributed by atoms with Gasteiger partial charge in [0.15, 0.2) is 0 Å². The van der Waals surface area contributed by atoms with Crippen molar-refractivity contribution in [1.29, 1.82) is 0 Å². The lowest BCUT2D eigenvalue weighted by atomic mass is 10.2. The molecular weight excluding hydrogens is 240 g/mol. The molecule has 0 radical (unpaired) electrons. The third-order valence-electron chi connectivity index (χ3n) is 2.21. The van der Waals surface area contributed by atoms with Gasteiger partial charge < -0.3 is 10.0 Å². The number of rotatable bonds is 6. The van der Waals surface area contributed by atoms with Gasteiger partial charge in [-0.25, -0.2) is 9.78 Å². The Kier molecular flexibility index (Phi) is 4.97. The van der Waals surface area contributed by atoms with E-state index in [4.69, 9.17) is 16.7 Å². The highest BCUT2D eigenvalue weighted by molar-refractivity contribution is 6.29. The number of pyridine rings is 1. The fourth-order valence-corrected chi connectivity index (χ4v) is 1.69. The van der Waals surface area contributed by atoms with Gasteiger partial charge in [-0.3, -0.25) is 0 Å². The molecule has 0 spiro atoms. The number of aromatic carboxylic acids is 1. The summed E-state index contributed by atoms with van der Waals surface area (Å²) >= 11 is 5.81. The average molecular weight is 255 g/mol. The van der Waals surface area contributed by atoms with Crippen molar-refractivity contribution in [1.82, 2.24) is 4.98 Å². The molecule has 0 amide bonds. The van der Waals surface area contributed by atoms with Crippen LogP contribution in [0.2, 0.25) is 5.15 Å². The quantitative estimate of drug-likeness (QED) is 0.627. The summed E-state index contributed by atoms with van der Waals surface area (Å²) in [5, 5.41) is 9.39. The van der Waals surface area contributed by atoms with Crippen LogP contribution in [-0.2, 0) is 0 Å². The van der Waals surface area contributed by atoms with E-state index in [2.05, 4.69) is 11.6 Å². The molecule has 1 aromatic heterocycles. The number of nitrogens with zero attached hydrogens (tertiary/aromatic N) is 2. The molecule has 1 aromatic rings. The van der Waals surface area contributed by atoms with Gasteiger partial charge in [-0.15, -0.1) is 6.58 Å². The van der Waals surface area contributed by atoms with Crippen LogP contribution in [0.5, 0.6) is 0 Å². The third-order valence-corrected chi connectivity index (χ3v) is 2.42. The molecule has 0 bridgehead atoms. The van der Waals surface area contributed by atoms with E-state index in [0.717, 1.165) is 6.42 Å². The summed E-state index contributed by atoms with van der Waals surface area (Å²) in [5.41, 5.74) is 0.157. The summed E-state index contributed by atoms with van der Waals surface area (Å²) < 4.78 is 0. The van der Waals surface area contributed by atoms with Gasteiger partial charge in [0, 0.05) is 13.1 Å². The van der Waals surface area contributed by atoms with E-state index in [1.165, 1.54) is 12.1 Å². The van der Waals surface area contributed by atoms with Gasteiger partial charge in [-0.2, -0.15) is 0 Å². The normalized spacial score (nSPS) is 10.0. The molecular formula is C12H15ClN2O2. The molecule has 0 aliphatic heterocycles. The summed E-state index contributed by atoms with van der Waals surface area (Å²) in [6.45, 7) is 6.92. The second kappa shape index (κ2) is 6.25. The molecule has 17 heavy (non-hydrogen) atoms. The molecule has 1 N–H and O–H groups in total. The summed E-state index contributed by atoms with van der Waals surface area (Å²) in [7, 11) is 0. The Morgan fingerprint density at radius 1 is 1.65 bits per heavy atom. The first-order valence-corrected chi connectivity index (χ1v) is 5.73. The summed E-state index contributed by atoms with van der Waals surface area (Å²) in [6.07, 6.45) is 2.60. The van der Waals surface area contributed by atoms with Crippen molar-refractivity contribution in [3.8, 4) is 0 Å². The van der Waals surface area contributed by atoms with Gasteiger partial charge in [0.05, 0.1) is 0 Å². The number of hydrogen-bond acceptors (Lipinski definition) is 3. The molecule has 1 heterocycles. The van der Waals surface area contributed by atoms with Crippen molar-refractivity contribution in [3.63, 3.8) is 0 Å². The molecule has 0 aliphatic rings. The summed E-state index contributed by atoms with van der Waals surface area (Å²) in [4.78, 5) is 17.1. The van der Waals surface area contributed by atoms with Crippen LogP contribution in [0, 0.1) is 0 Å². The molecule has 1 rings (SSSR count). The van der Waals surface area contributed by atoms with Crippen molar-refractivity contribution >= 4 is 23.4 Å². The summed E-state index contributed by atoms with van der Waals surface area (Å²) in [6, 6.07) is 2.95. The number of carbonyl (C=O) groups is 1. The van der Waals surface area contributed by atoms with E-state index in [1.54, 1.807) is 6.08 Å². The predicted molar refractivity (Wildman–Crippen MR) is 68.9 cm³/mol. The Morgan fingerprint density at radius 2 is 2.35 bits per heavy atom. The standard InChI is InChI=1S/C12H15ClN2O2/c1-3-7-15(8-4-2)11-9(12(16)17)5-6-10(13)14-11/h3,5-6H,1,4,7-8H2,2H3,(H,16,17). The van der Waals surface area contributed by atoms with Crippen molar-refractivity contribution in [2.45, 2.75) is 13.3 Å². The van der Waals surface area contributed by atoms with Crippen molar-refractivity contribution in [3.05, 3.63) is 35.5 Å². The number of hydrogen-bond donors (Lipinski definition) is 1. The molecule has 0 aromatic carbocycles. The largest absolute Gasteiger partial charge is 0.478 e. The first-order chi connectivity index (χ1) is 8.10. The van der Waals surface area contributed by atoms with Crippen LogP contribution in [0.1, 0.15) is 23.7 Å². The van der Waals surface area contributed by atoms with Crippen LogP contribution in [0.15, 0.2) is 24.8 Å². The van der Waals surface area contributed by atoms with Crippen LogP contribution in [0.25, 0.3) is 0 Å². The third kappa shape index (κ3) is 3.46. The van der Waals surface area contributed by atoms with E-state index in [1.807, 2.05) is 11.8 Å². The predicted octanol–water partition coefficient (Wildman–Crippen LogP) is 2.84. The minimum atomic E-state index is -1.01. The maximum absolute atomic E-state index is 11.1. The molecule has 0 atom stereocenters. The molecule has 92 valence electrons. The first-order valence-electron chi connectivity index (χ1n) is 5.35. The van der Waals surface area contributed by atoms with E-state index >= 15 is 0 Å². The molecule has 0 saturated carbocycles. The zero-order chi connectivity index (χ0) is 12.8. The zero-order valence-electron chi connectivity index (χ0n) is 9.69. The van der Waals surface area contributed by atoms with E-state index in [0.29, 0.717) is 18.9 Å². The van der Waals surface area contributed by atoms with Crippen LogP contribution in [-0.4, -0.2) is 29.1 Å². The monoisotopic (exact) mass is 254 g/mol. The maximum Gasteiger partial charge on any atom is 0.339 e. The van der Waals surface area contributed by atoms with Crippen LogP contribution >= 0.6 is 11.6 Å².